The van der Waals surface area contributed by atoms with Gasteiger partial charge in [-0.2, -0.15) is 0 Å². The Kier molecular flexibility index (Phi) is 7.21. The van der Waals surface area contributed by atoms with Crippen LogP contribution in [0.15, 0.2) is 60.7 Å². The van der Waals surface area contributed by atoms with Crippen LogP contribution in [-0.2, 0) is 14.8 Å². The van der Waals surface area contributed by atoms with Crippen molar-refractivity contribution in [2.75, 3.05) is 23.7 Å². The molecular formula is C20H26N2O3S. The third-order valence-corrected chi connectivity index (χ3v) is 5.38. The molecule has 0 heterocycles. The number of hydrogen-bond acceptors (Lipinski definition) is 3. The van der Waals surface area contributed by atoms with Crippen LogP contribution in [0.4, 0.5) is 5.69 Å². The Morgan fingerprint density at radius 2 is 1.62 bits per heavy atom. The van der Waals surface area contributed by atoms with Crippen molar-refractivity contribution < 1.29 is 13.2 Å². The summed E-state index contributed by atoms with van der Waals surface area (Å²) >= 11 is 0. The van der Waals surface area contributed by atoms with Crippen LogP contribution in [0.3, 0.4) is 0 Å². The predicted octanol–water partition coefficient (Wildman–Crippen LogP) is 3.15. The van der Waals surface area contributed by atoms with E-state index in [9.17, 15) is 13.2 Å². The van der Waals surface area contributed by atoms with Crippen LogP contribution in [0.5, 0.6) is 0 Å². The predicted molar refractivity (Wildman–Crippen MR) is 106 cm³/mol. The molecule has 1 unspecified atom stereocenters. The third-order valence-electron chi connectivity index (χ3n) is 4.18. The summed E-state index contributed by atoms with van der Waals surface area (Å²) in [4.78, 5) is 12.1. The van der Waals surface area contributed by atoms with Crippen molar-refractivity contribution in [1.82, 2.24) is 5.32 Å². The molecule has 1 N–H and O–H groups in total. The monoisotopic (exact) mass is 374 g/mol. The lowest BCUT2D eigenvalue weighted by Crippen LogP contribution is -2.32. The molecule has 0 aliphatic heterocycles. The second-order valence-corrected chi connectivity index (χ2v) is 8.30. The van der Waals surface area contributed by atoms with Crippen molar-refractivity contribution in [3.8, 4) is 0 Å². The minimum absolute atomic E-state index is 0.0608. The molecule has 0 bridgehead atoms. The van der Waals surface area contributed by atoms with Crippen molar-refractivity contribution in [1.29, 1.82) is 0 Å². The van der Waals surface area contributed by atoms with Crippen molar-refractivity contribution >= 4 is 21.6 Å². The zero-order valence-electron chi connectivity index (χ0n) is 15.3. The van der Waals surface area contributed by atoms with E-state index in [1.54, 1.807) is 24.3 Å². The molecule has 140 valence electrons. The summed E-state index contributed by atoms with van der Waals surface area (Å²) in [6.45, 7) is 2.91. The van der Waals surface area contributed by atoms with Gasteiger partial charge < -0.3 is 5.32 Å². The van der Waals surface area contributed by atoms with E-state index in [0.717, 1.165) is 0 Å². The smallest absolute Gasteiger partial charge is 0.232 e. The number of anilines is 1. The van der Waals surface area contributed by atoms with Gasteiger partial charge in [-0.1, -0.05) is 55.5 Å². The Morgan fingerprint density at radius 3 is 2.19 bits per heavy atom. The number of carbonyl (C=O) groups excluding carboxylic acids is 1. The van der Waals surface area contributed by atoms with E-state index in [1.807, 2.05) is 36.4 Å². The lowest BCUT2D eigenvalue weighted by Gasteiger charge is -2.22. The number of benzene rings is 2. The zero-order valence-corrected chi connectivity index (χ0v) is 16.1. The standard InChI is InChI=1S/C20H26N2O3S/c1-17(18-10-5-3-6-11-18)16-21-20(23)14-9-15-22(26(2,24)25)19-12-7-4-8-13-19/h3-8,10-13,17H,9,14-16H2,1-2H3,(H,21,23). The van der Waals surface area contributed by atoms with Crippen LogP contribution in [0.1, 0.15) is 31.2 Å². The van der Waals surface area contributed by atoms with Gasteiger partial charge in [0.25, 0.3) is 0 Å². The average Bonchev–Trinajstić information content (AvgIpc) is 2.63. The summed E-state index contributed by atoms with van der Waals surface area (Å²) in [7, 11) is -3.38. The van der Waals surface area contributed by atoms with Gasteiger partial charge >= 0.3 is 0 Å². The first-order chi connectivity index (χ1) is 12.4. The van der Waals surface area contributed by atoms with Crippen molar-refractivity contribution in [3.63, 3.8) is 0 Å². The number of sulfonamides is 1. The number of amides is 1. The summed E-state index contributed by atoms with van der Waals surface area (Å²) in [6.07, 6.45) is 1.94. The molecule has 2 aromatic rings. The minimum atomic E-state index is -3.38. The van der Waals surface area contributed by atoms with E-state index in [4.69, 9.17) is 0 Å². The lowest BCUT2D eigenvalue weighted by molar-refractivity contribution is -0.121. The molecular weight excluding hydrogens is 348 g/mol. The van der Waals surface area contributed by atoms with Gasteiger partial charge in [-0.15, -0.1) is 0 Å². The molecule has 0 fully saturated rings. The lowest BCUT2D eigenvalue weighted by atomic mass is 10.0. The van der Waals surface area contributed by atoms with Crippen LogP contribution >= 0.6 is 0 Å². The van der Waals surface area contributed by atoms with E-state index in [-0.39, 0.29) is 18.4 Å². The van der Waals surface area contributed by atoms with Crippen LogP contribution in [0, 0.1) is 0 Å². The normalized spacial score (nSPS) is 12.4. The molecule has 0 aliphatic carbocycles. The molecule has 0 spiro atoms. The van der Waals surface area contributed by atoms with Gasteiger partial charge in [-0.05, 0) is 30.0 Å². The zero-order chi connectivity index (χ0) is 19.0. The number of nitrogens with one attached hydrogen (secondary N) is 1. The van der Waals surface area contributed by atoms with Gasteiger partial charge in [0.2, 0.25) is 15.9 Å². The summed E-state index contributed by atoms with van der Waals surface area (Å²) < 4.78 is 25.3. The van der Waals surface area contributed by atoms with E-state index >= 15 is 0 Å². The number of para-hydroxylation sites is 1. The van der Waals surface area contributed by atoms with E-state index in [0.29, 0.717) is 25.1 Å². The molecule has 2 rings (SSSR count). The fraction of sp³-hybridized carbons (Fsp3) is 0.350. The van der Waals surface area contributed by atoms with Gasteiger partial charge in [0.05, 0.1) is 11.9 Å². The number of carbonyl (C=O) groups is 1. The van der Waals surface area contributed by atoms with Gasteiger partial charge in [0.15, 0.2) is 0 Å². The molecule has 0 aromatic heterocycles. The second-order valence-electron chi connectivity index (χ2n) is 6.39. The third kappa shape index (κ3) is 6.19. The largest absolute Gasteiger partial charge is 0.356 e. The van der Waals surface area contributed by atoms with E-state index < -0.39 is 10.0 Å². The SMILES string of the molecule is CC(CNC(=O)CCCN(c1ccccc1)S(C)(=O)=O)c1ccccc1. The first kappa shape index (κ1) is 20.0. The fourth-order valence-electron chi connectivity index (χ4n) is 2.72. The highest BCUT2D eigenvalue weighted by Gasteiger charge is 2.17. The molecule has 0 aliphatic rings. The molecule has 1 atom stereocenters. The number of rotatable bonds is 9. The summed E-state index contributed by atoms with van der Waals surface area (Å²) in [5.74, 6) is 0.172. The summed E-state index contributed by atoms with van der Waals surface area (Å²) in [6, 6.07) is 19.0. The molecule has 0 radical (unpaired) electrons. The Morgan fingerprint density at radius 1 is 1.04 bits per heavy atom. The molecule has 6 heteroatoms. The Balaban J connectivity index is 1.81. The number of hydrogen-bond donors (Lipinski definition) is 1. The molecule has 0 saturated heterocycles. The van der Waals surface area contributed by atoms with Gasteiger partial charge in [-0.3, -0.25) is 9.10 Å². The highest BCUT2D eigenvalue weighted by Crippen LogP contribution is 2.17. The topological polar surface area (TPSA) is 66.5 Å². The Labute approximate surface area is 156 Å². The van der Waals surface area contributed by atoms with Crippen molar-refractivity contribution in [2.45, 2.75) is 25.7 Å². The molecule has 26 heavy (non-hydrogen) atoms. The first-order valence-electron chi connectivity index (χ1n) is 8.72. The maximum absolute atomic E-state index is 12.1. The van der Waals surface area contributed by atoms with Gasteiger partial charge in [0, 0.05) is 19.5 Å². The van der Waals surface area contributed by atoms with Crippen LogP contribution in [0.2, 0.25) is 0 Å². The first-order valence-corrected chi connectivity index (χ1v) is 10.6. The van der Waals surface area contributed by atoms with Crippen LogP contribution in [-0.4, -0.2) is 33.7 Å². The Bertz CT molecular complexity index is 792. The maximum atomic E-state index is 12.1. The van der Waals surface area contributed by atoms with Crippen molar-refractivity contribution in [3.05, 3.63) is 66.2 Å². The minimum Gasteiger partial charge on any atom is -0.356 e. The van der Waals surface area contributed by atoms with Gasteiger partial charge in [-0.25, -0.2) is 8.42 Å². The Hall–Kier alpha value is -2.34. The van der Waals surface area contributed by atoms with Gasteiger partial charge in [0.1, 0.15) is 0 Å². The molecule has 5 nitrogen and oxygen atoms in total. The molecule has 0 saturated carbocycles. The summed E-state index contributed by atoms with van der Waals surface area (Å²) in [5.41, 5.74) is 1.80. The van der Waals surface area contributed by atoms with Crippen molar-refractivity contribution in [2.24, 2.45) is 0 Å². The van der Waals surface area contributed by atoms with E-state index in [2.05, 4.69) is 12.2 Å². The highest BCUT2D eigenvalue weighted by atomic mass is 32.2. The van der Waals surface area contributed by atoms with Crippen LogP contribution < -0.4 is 9.62 Å². The average molecular weight is 375 g/mol. The fourth-order valence-corrected chi connectivity index (χ4v) is 3.68. The number of nitrogens with zero attached hydrogens (tertiary/aromatic N) is 1. The molecule has 2 aromatic carbocycles. The quantitative estimate of drug-likeness (QED) is 0.733. The molecule has 1 amide bonds. The highest BCUT2D eigenvalue weighted by molar-refractivity contribution is 7.92. The second kappa shape index (κ2) is 9.38. The summed E-state index contributed by atoms with van der Waals surface area (Å²) in [5, 5.41) is 2.93. The van der Waals surface area contributed by atoms with Crippen LogP contribution in [0.25, 0.3) is 0 Å². The van der Waals surface area contributed by atoms with E-state index in [1.165, 1.54) is 16.1 Å². The maximum Gasteiger partial charge on any atom is 0.232 e.